The van der Waals surface area contributed by atoms with E-state index in [1.807, 2.05) is 0 Å². The van der Waals surface area contributed by atoms with Crippen molar-refractivity contribution in [3.05, 3.63) is 0 Å². The summed E-state index contributed by atoms with van der Waals surface area (Å²) in [6.45, 7) is 20.2. The minimum Gasteiger partial charge on any atom is -0.298 e. The number of hydrogen-bond donors (Lipinski definition) is 0. The standard InChI is InChI=1S/C13H26N2O2S.C13H25N/c1-12(2,3)14-8-5-13(6-9-14)7-10-15(11-13)18(4,16)17;1-12(2,3)14-10-9-13(11-14)7-5-4-6-8-13/h5-11H2,1-4H3;4-11H2,1-3H3. The second-order valence-electron chi connectivity index (χ2n) is 13.4. The Morgan fingerprint density at radius 2 is 1.03 bits per heavy atom. The molecule has 188 valence electrons. The Labute approximate surface area is 199 Å². The SMILES string of the molecule is CC(C)(C)N1CCC2(CC1)CCN(S(C)(=O)=O)C2.CC(C)(C)N1CCC2(CCCCC2)C1. The fourth-order valence-corrected chi connectivity index (χ4v) is 7.39. The first-order valence-electron chi connectivity index (χ1n) is 13.1. The van der Waals surface area contributed by atoms with Crippen LogP contribution in [-0.4, -0.2) is 79.1 Å². The molecule has 4 rings (SSSR count). The van der Waals surface area contributed by atoms with E-state index < -0.39 is 10.0 Å². The summed E-state index contributed by atoms with van der Waals surface area (Å²) in [5.41, 5.74) is 1.61. The highest BCUT2D eigenvalue weighted by atomic mass is 32.2. The topological polar surface area (TPSA) is 43.9 Å². The molecule has 6 heteroatoms. The molecule has 3 heterocycles. The summed E-state index contributed by atoms with van der Waals surface area (Å²) in [5, 5.41) is 0. The smallest absolute Gasteiger partial charge is 0.211 e. The van der Waals surface area contributed by atoms with Gasteiger partial charge in [-0.05, 0) is 111 Å². The Hall–Kier alpha value is -0.170. The fourth-order valence-electron chi connectivity index (χ4n) is 6.45. The molecule has 0 unspecified atom stereocenters. The molecule has 1 aliphatic carbocycles. The summed E-state index contributed by atoms with van der Waals surface area (Å²) < 4.78 is 24.9. The Morgan fingerprint density at radius 3 is 1.44 bits per heavy atom. The number of rotatable bonds is 1. The van der Waals surface area contributed by atoms with Crippen molar-refractivity contribution in [3.63, 3.8) is 0 Å². The van der Waals surface area contributed by atoms with E-state index in [9.17, 15) is 8.42 Å². The van der Waals surface area contributed by atoms with Gasteiger partial charge in [0.05, 0.1) is 6.26 Å². The van der Waals surface area contributed by atoms with E-state index in [1.54, 1.807) is 4.31 Å². The second-order valence-corrected chi connectivity index (χ2v) is 15.4. The zero-order valence-electron chi connectivity index (χ0n) is 22.2. The van der Waals surface area contributed by atoms with Gasteiger partial charge < -0.3 is 0 Å². The zero-order valence-corrected chi connectivity index (χ0v) is 23.0. The monoisotopic (exact) mass is 469 g/mol. The predicted molar refractivity (Wildman–Crippen MR) is 135 cm³/mol. The van der Waals surface area contributed by atoms with Crippen LogP contribution in [0.2, 0.25) is 0 Å². The van der Waals surface area contributed by atoms with Gasteiger partial charge in [0.25, 0.3) is 0 Å². The molecule has 4 aliphatic rings. The maximum atomic E-state index is 11.6. The molecule has 0 atom stereocenters. The minimum atomic E-state index is -3.00. The van der Waals surface area contributed by atoms with Crippen molar-refractivity contribution in [2.45, 2.75) is 110 Å². The van der Waals surface area contributed by atoms with Crippen LogP contribution in [0.4, 0.5) is 0 Å². The molecule has 0 amide bonds. The molecule has 4 fully saturated rings. The molecular weight excluding hydrogens is 418 g/mol. The van der Waals surface area contributed by atoms with Gasteiger partial charge in [0, 0.05) is 30.7 Å². The lowest BCUT2D eigenvalue weighted by molar-refractivity contribution is 0.0493. The molecule has 0 radical (unpaired) electrons. The van der Waals surface area contributed by atoms with Gasteiger partial charge in [-0.25, -0.2) is 12.7 Å². The minimum absolute atomic E-state index is 0.233. The molecule has 1 saturated carbocycles. The summed E-state index contributed by atoms with van der Waals surface area (Å²) in [6, 6.07) is 0. The molecular formula is C26H51N3O2S. The number of nitrogens with zero attached hydrogens (tertiary/aromatic N) is 3. The van der Waals surface area contributed by atoms with Crippen LogP contribution in [0.5, 0.6) is 0 Å². The third-order valence-electron chi connectivity index (χ3n) is 8.95. The van der Waals surface area contributed by atoms with Crippen LogP contribution in [0.3, 0.4) is 0 Å². The highest BCUT2D eigenvalue weighted by Gasteiger charge is 2.44. The van der Waals surface area contributed by atoms with Crippen LogP contribution >= 0.6 is 0 Å². The normalized spacial score (nSPS) is 27.6. The van der Waals surface area contributed by atoms with Crippen molar-refractivity contribution in [2.24, 2.45) is 10.8 Å². The van der Waals surface area contributed by atoms with Crippen LogP contribution in [-0.2, 0) is 10.0 Å². The van der Waals surface area contributed by atoms with Crippen LogP contribution < -0.4 is 0 Å². The first kappa shape index (κ1) is 26.4. The van der Waals surface area contributed by atoms with Gasteiger partial charge >= 0.3 is 0 Å². The van der Waals surface area contributed by atoms with E-state index in [2.05, 4.69) is 51.3 Å². The van der Waals surface area contributed by atoms with Crippen molar-refractivity contribution in [2.75, 3.05) is 45.5 Å². The van der Waals surface area contributed by atoms with Crippen molar-refractivity contribution in [3.8, 4) is 0 Å². The molecule has 5 nitrogen and oxygen atoms in total. The second kappa shape index (κ2) is 9.47. The molecule has 0 aromatic heterocycles. The number of hydrogen-bond acceptors (Lipinski definition) is 4. The number of piperidine rings is 1. The number of likely N-dealkylation sites (tertiary alicyclic amines) is 2. The van der Waals surface area contributed by atoms with Gasteiger partial charge in [0.2, 0.25) is 10.0 Å². The van der Waals surface area contributed by atoms with Gasteiger partial charge in [-0.15, -0.1) is 0 Å². The molecule has 3 saturated heterocycles. The van der Waals surface area contributed by atoms with E-state index in [0.29, 0.717) is 12.1 Å². The Bertz CT molecular complexity index is 721. The summed E-state index contributed by atoms with van der Waals surface area (Å²) in [6.07, 6.45) is 13.6. The largest absolute Gasteiger partial charge is 0.298 e. The van der Waals surface area contributed by atoms with Gasteiger partial charge in [-0.1, -0.05) is 19.3 Å². The van der Waals surface area contributed by atoms with Crippen LogP contribution in [0.15, 0.2) is 0 Å². The third kappa shape index (κ3) is 6.49. The quantitative estimate of drug-likeness (QED) is 0.544. The van der Waals surface area contributed by atoms with Crippen molar-refractivity contribution in [1.29, 1.82) is 0 Å². The molecule has 32 heavy (non-hydrogen) atoms. The Balaban J connectivity index is 0.000000186. The van der Waals surface area contributed by atoms with E-state index in [0.717, 1.165) is 44.3 Å². The Morgan fingerprint density at radius 1 is 0.594 bits per heavy atom. The van der Waals surface area contributed by atoms with Crippen LogP contribution in [0.25, 0.3) is 0 Å². The highest BCUT2D eigenvalue weighted by molar-refractivity contribution is 7.88. The number of sulfonamides is 1. The van der Waals surface area contributed by atoms with Gasteiger partial charge in [-0.3, -0.25) is 9.80 Å². The van der Waals surface area contributed by atoms with E-state index in [4.69, 9.17) is 0 Å². The average molecular weight is 470 g/mol. The van der Waals surface area contributed by atoms with Crippen LogP contribution in [0, 0.1) is 10.8 Å². The maximum absolute atomic E-state index is 11.6. The third-order valence-corrected chi connectivity index (χ3v) is 10.2. The van der Waals surface area contributed by atoms with Gasteiger partial charge in [0.15, 0.2) is 0 Å². The van der Waals surface area contributed by atoms with Crippen molar-refractivity contribution >= 4 is 10.0 Å². The van der Waals surface area contributed by atoms with E-state index >= 15 is 0 Å². The molecule has 0 bridgehead atoms. The summed E-state index contributed by atoms with van der Waals surface area (Å²) in [4.78, 5) is 5.21. The molecule has 3 aliphatic heterocycles. The molecule has 0 N–H and O–H groups in total. The van der Waals surface area contributed by atoms with E-state index in [1.165, 1.54) is 57.9 Å². The predicted octanol–water partition coefficient (Wildman–Crippen LogP) is 4.97. The zero-order chi connectivity index (χ0) is 23.8. The highest BCUT2D eigenvalue weighted by Crippen LogP contribution is 2.45. The lowest BCUT2D eigenvalue weighted by atomic mass is 9.73. The molecule has 0 aromatic carbocycles. The first-order valence-corrected chi connectivity index (χ1v) is 14.9. The van der Waals surface area contributed by atoms with Crippen molar-refractivity contribution in [1.82, 2.24) is 14.1 Å². The molecule has 2 spiro atoms. The van der Waals surface area contributed by atoms with Gasteiger partial charge in [-0.2, -0.15) is 0 Å². The summed E-state index contributed by atoms with van der Waals surface area (Å²) >= 11 is 0. The maximum Gasteiger partial charge on any atom is 0.211 e. The van der Waals surface area contributed by atoms with Crippen LogP contribution in [0.1, 0.15) is 99.3 Å². The first-order chi connectivity index (χ1) is 14.6. The average Bonchev–Trinajstić information content (AvgIpc) is 3.28. The Kier molecular flexibility index (Phi) is 7.82. The van der Waals surface area contributed by atoms with E-state index in [-0.39, 0.29) is 11.0 Å². The fraction of sp³-hybridized carbons (Fsp3) is 1.00. The van der Waals surface area contributed by atoms with Crippen molar-refractivity contribution < 1.29 is 8.42 Å². The summed E-state index contributed by atoms with van der Waals surface area (Å²) in [5.74, 6) is 0. The lowest BCUT2D eigenvalue weighted by Crippen LogP contribution is -2.49. The van der Waals surface area contributed by atoms with Gasteiger partial charge in [0.1, 0.15) is 0 Å². The molecule has 0 aromatic rings. The lowest BCUT2D eigenvalue weighted by Gasteiger charge is -2.45. The summed E-state index contributed by atoms with van der Waals surface area (Å²) in [7, 11) is -3.00.